The zero-order valence-electron chi connectivity index (χ0n) is 16.1. The van der Waals surface area contributed by atoms with Crippen LogP contribution in [0.4, 0.5) is 0 Å². The molecule has 4 heteroatoms. The SMILES string of the molecule is C.CC(CN(C)C)O/N=C(/c1ccc(CS)cc1)c1cccc2ccccc12. The standard InChI is InChI=1S/C23H26N2OS.CH4/c1-17(15-25(2)3)26-24-23(20-13-11-18(16-27)12-14-20)22-10-6-8-19-7-4-5-9-21(19)22;/h4-14,17,27H,15-16H2,1-3H3;1H4/b24-23-;. The number of nitrogens with zero attached hydrogens (tertiary/aromatic N) is 2. The number of oxime groups is 1. The van der Waals surface area contributed by atoms with Crippen LogP contribution >= 0.6 is 12.6 Å². The summed E-state index contributed by atoms with van der Waals surface area (Å²) in [5.41, 5.74) is 4.14. The molecular weight excluding hydrogens is 364 g/mol. The summed E-state index contributed by atoms with van der Waals surface area (Å²) in [5, 5.41) is 6.95. The Morgan fingerprint density at radius 1 is 1.00 bits per heavy atom. The second-order valence-electron chi connectivity index (χ2n) is 7.00. The Kier molecular flexibility index (Phi) is 8.09. The van der Waals surface area contributed by atoms with E-state index in [1.807, 2.05) is 21.0 Å². The maximum Gasteiger partial charge on any atom is 0.137 e. The molecule has 3 nitrogen and oxygen atoms in total. The van der Waals surface area contributed by atoms with Crippen molar-refractivity contribution < 1.29 is 4.84 Å². The summed E-state index contributed by atoms with van der Waals surface area (Å²) in [5.74, 6) is 0.720. The van der Waals surface area contributed by atoms with Gasteiger partial charge in [-0.05, 0) is 37.4 Å². The lowest BCUT2D eigenvalue weighted by molar-refractivity contribution is 0.0537. The van der Waals surface area contributed by atoms with Gasteiger partial charge in [0.1, 0.15) is 11.8 Å². The number of hydrogen-bond donors (Lipinski definition) is 1. The van der Waals surface area contributed by atoms with E-state index in [2.05, 4.69) is 89.4 Å². The van der Waals surface area contributed by atoms with E-state index < -0.39 is 0 Å². The molecule has 3 aromatic carbocycles. The summed E-state index contributed by atoms with van der Waals surface area (Å²) < 4.78 is 0. The van der Waals surface area contributed by atoms with Gasteiger partial charge in [-0.3, -0.25) is 0 Å². The van der Waals surface area contributed by atoms with Crippen molar-refractivity contribution in [3.05, 3.63) is 83.4 Å². The molecule has 0 saturated carbocycles. The highest BCUT2D eigenvalue weighted by Crippen LogP contribution is 2.23. The molecule has 0 saturated heterocycles. The van der Waals surface area contributed by atoms with Gasteiger partial charge in [0.05, 0.1) is 0 Å². The van der Waals surface area contributed by atoms with E-state index in [1.54, 1.807) is 0 Å². The smallest absolute Gasteiger partial charge is 0.137 e. The van der Waals surface area contributed by atoms with Crippen molar-refractivity contribution in [1.82, 2.24) is 4.90 Å². The van der Waals surface area contributed by atoms with Crippen LogP contribution in [0.5, 0.6) is 0 Å². The Bertz CT molecular complexity index is 914. The lowest BCUT2D eigenvalue weighted by atomic mass is 9.96. The number of fused-ring (bicyclic) bond motifs is 1. The summed E-state index contributed by atoms with van der Waals surface area (Å²) in [6, 6.07) is 23.0. The quantitative estimate of drug-likeness (QED) is 0.319. The van der Waals surface area contributed by atoms with E-state index in [4.69, 9.17) is 4.84 Å². The van der Waals surface area contributed by atoms with Gasteiger partial charge in [-0.15, -0.1) is 0 Å². The third-order valence-corrected chi connectivity index (χ3v) is 4.77. The first kappa shape index (κ1) is 22.0. The summed E-state index contributed by atoms with van der Waals surface area (Å²) in [7, 11) is 4.07. The third kappa shape index (κ3) is 5.37. The second-order valence-corrected chi connectivity index (χ2v) is 7.32. The average molecular weight is 395 g/mol. The third-order valence-electron chi connectivity index (χ3n) is 4.40. The highest BCUT2D eigenvalue weighted by molar-refractivity contribution is 7.79. The fourth-order valence-corrected chi connectivity index (χ4v) is 3.36. The minimum absolute atomic E-state index is 0. The van der Waals surface area contributed by atoms with E-state index in [0.29, 0.717) is 0 Å². The number of thiol groups is 1. The summed E-state index contributed by atoms with van der Waals surface area (Å²) >= 11 is 4.35. The van der Waals surface area contributed by atoms with Gasteiger partial charge in [-0.25, -0.2) is 0 Å². The molecule has 0 aliphatic heterocycles. The van der Waals surface area contributed by atoms with Crippen LogP contribution in [0, 0.1) is 0 Å². The fraction of sp³-hybridized carbons (Fsp3) is 0.292. The molecule has 0 bridgehead atoms. The van der Waals surface area contributed by atoms with Crippen molar-refractivity contribution in [3.8, 4) is 0 Å². The Labute approximate surface area is 174 Å². The number of likely N-dealkylation sites (N-methyl/N-ethyl adjacent to an activating group) is 1. The molecular formula is C24H30N2OS. The van der Waals surface area contributed by atoms with Gasteiger partial charge >= 0.3 is 0 Å². The summed E-state index contributed by atoms with van der Waals surface area (Å²) in [6.45, 7) is 2.85. The fourth-order valence-electron chi connectivity index (χ4n) is 3.15. The minimum atomic E-state index is 0. The second kappa shape index (κ2) is 10.3. The van der Waals surface area contributed by atoms with Crippen LogP contribution in [0.1, 0.15) is 31.0 Å². The molecule has 0 heterocycles. The molecule has 0 aliphatic rings. The molecule has 0 N–H and O–H groups in total. The highest BCUT2D eigenvalue weighted by Gasteiger charge is 2.13. The zero-order chi connectivity index (χ0) is 19.2. The number of benzene rings is 3. The van der Waals surface area contributed by atoms with Crippen LogP contribution in [0.3, 0.4) is 0 Å². The molecule has 0 aliphatic carbocycles. The van der Waals surface area contributed by atoms with Crippen LogP contribution in [-0.4, -0.2) is 37.4 Å². The van der Waals surface area contributed by atoms with Crippen molar-refractivity contribution in [2.45, 2.75) is 26.2 Å². The Balaban J connectivity index is 0.00000280. The predicted octanol–water partition coefficient (Wildman–Crippen LogP) is 5.62. The van der Waals surface area contributed by atoms with E-state index in [0.717, 1.165) is 29.1 Å². The molecule has 0 radical (unpaired) electrons. The van der Waals surface area contributed by atoms with Gasteiger partial charge < -0.3 is 9.74 Å². The molecule has 0 amide bonds. The van der Waals surface area contributed by atoms with E-state index in [-0.39, 0.29) is 13.5 Å². The van der Waals surface area contributed by atoms with Crippen LogP contribution in [-0.2, 0) is 10.6 Å². The topological polar surface area (TPSA) is 24.8 Å². The molecule has 3 rings (SSSR count). The van der Waals surface area contributed by atoms with Crippen molar-refractivity contribution in [2.75, 3.05) is 20.6 Å². The molecule has 28 heavy (non-hydrogen) atoms. The van der Waals surface area contributed by atoms with Gasteiger partial charge in [-0.2, -0.15) is 12.6 Å². The molecule has 3 aromatic rings. The zero-order valence-corrected chi connectivity index (χ0v) is 17.0. The van der Waals surface area contributed by atoms with E-state index >= 15 is 0 Å². The average Bonchev–Trinajstić information content (AvgIpc) is 2.68. The molecule has 148 valence electrons. The summed E-state index contributed by atoms with van der Waals surface area (Å²) in [4.78, 5) is 7.96. The molecule has 0 aromatic heterocycles. The highest BCUT2D eigenvalue weighted by atomic mass is 32.1. The number of hydrogen-bond acceptors (Lipinski definition) is 4. The largest absolute Gasteiger partial charge is 0.391 e. The monoisotopic (exact) mass is 394 g/mol. The summed E-state index contributed by atoms with van der Waals surface area (Å²) in [6.07, 6.45) is 0.00157. The van der Waals surface area contributed by atoms with Crippen LogP contribution in [0.15, 0.2) is 71.9 Å². The van der Waals surface area contributed by atoms with Gasteiger partial charge in [0.15, 0.2) is 0 Å². The van der Waals surface area contributed by atoms with Crippen LogP contribution in [0.2, 0.25) is 0 Å². The number of rotatable bonds is 7. The van der Waals surface area contributed by atoms with Crippen molar-refractivity contribution in [3.63, 3.8) is 0 Å². The van der Waals surface area contributed by atoms with Gasteiger partial charge in [-0.1, -0.05) is 79.3 Å². The van der Waals surface area contributed by atoms with Crippen LogP contribution in [0.25, 0.3) is 10.8 Å². The molecule has 1 unspecified atom stereocenters. The minimum Gasteiger partial charge on any atom is -0.391 e. The van der Waals surface area contributed by atoms with Gasteiger partial charge in [0.25, 0.3) is 0 Å². The lowest BCUT2D eigenvalue weighted by Crippen LogP contribution is -2.25. The first-order valence-electron chi connectivity index (χ1n) is 9.15. The van der Waals surface area contributed by atoms with Crippen LogP contribution < -0.4 is 0 Å². The van der Waals surface area contributed by atoms with E-state index in [9.17, 15) is 0 Å². The Hall–Kier alpha value is -2.30. The molecule has 0 fully saturated rings. The first-order valence-corrected chi connectivity index (χ1v) is 9.78. The maximum absolute atomic E-state index is 5.86. The van der Waals surface area contributed by atoms with Crippen molar-refractivity contribution in [2.24, 2.45) is 5.16 Å². The maximum atomic E-state index is 5.86. The molecule has 0 spiro atoms. The predicted molar refractivity (Wildman–Crippen MR) is 125 cm³/mol. The van der Waals surface area contributed by atoms with E-state index in [1.165, 1.54) is 16.3 Å². The van der Waals surface area contributed by atoms with Gasteiger partial charge in [0, 0.05) is 23.4 Å². The Morgan fingerprint density at radius 3 is 2.36 bits per heavy atom. The lowest BCUT2D eigenvalue weighted by Gasteiger charge is -2.17. The first-order chi connectivity index (χ1) is 13.1. The molecule has 1 atom stereocenters. The van der Waals surface area contributed by atoms with Gasteiger partial charge in [0.2, 0.25) is 0 Å². The Morgan fingerprint density at radius 2 is 1.68 bits per heavy atom. The van der Waals surface area contributed by atoms with Crippen molar-refractivity contribution >= 4 is 29.1 Å². The normalized spacial score (nSPS) is 12.7. The van der Waals surface area contributed by atoms with Crippen molar-refractivity contribution in [1.29, 1.82) is 0 Å².